The molecular formula is C23H23N5O5. The average Bonchev–Trinajstić information content (AvgIpc) is 3.32. The number of hydrogen-bond donors (Lipinski definition) is 1. The van der Waals surface area contributed by atoms with Crippen LogP contribution in [0.3, 0.4) is 0 Å². The number of benzene rings is 2. The minimum Gasteiger partial charge on any atom is -0.362 e. The molecule has 0 radical (unpaired) electrons. The van der Waals surface area contributed by atoms with Gasteiger partial charge >= 0.3 is 6.03 Å². The first kappa shape index (κ1) is 20.9. The molecule has 2 aliphatic heterocycles. The lowest BCUT2D eigenvalue weighted by Crippen LogP contribution is -2.52. The van der Waals surface area contributed by atoms with Crippen molar-refractivity contribution in [3.8, 4) is 0 Å². The molecule has 0 saturated carbocycles. The Hall–Kier alpha value is -3.95. The second-order valence-corrected chi connectivity index (χ2v) is 8.50. The number of fused-ring (bicyclic) bond motifs is 2. The lowest BCUT2D eigenvalue weighted by Gasteiger charge is -2.36. The van der Waals surface area contributed by atoms with E-state index in [2.05, 4.69) is 5.32 Å². The fourth-order valence-corrected chi connectivity index (χ4v) is 5.05. The molecule has 3 aliphatic rings. The van der Waals surface area contributed by atoms with Gasteiger partial charge in [-0.15, -0.1) is 0 Å². The molecule has 170 valence electrons. The van der Waals surface area contributed by atoms with Gasteiger partial charge in [0.05, 0.1) is 4.92 Å². The van der Waals surface area contributed by atoms with Gasteiger partial charge in [-0.2, -0.15) is 0 Å². The number of anilines is 1. The Bertz CT molecular complexity index is 1160. The summed E-state index contributed by atoms with van der Waals surface area (Å²) in [6.07, 6.45) is 1.17. The van der Waals surface area contributed by atoms with Gasteiger partial charge < -0.3 is 15.1 Å². The zero-order valence-electron chi connectivity index (χ0n) is 17.9. The van der Waals surface area contributed by atoms with Crippen molar-refractivity contribution in [2.75, 3.05) is 37.6 Å². The maximum atomic E-state index is 13.3. The molecule has 2 fully saturated rings. The molecule has 5 rings (SSSR count). The Balaban J connectivity index is 1.25. The van der Waals surface area contributed by atoms with E-state index in [9.17, 15) is 24.5 Å². The first-order valence-corrected chi connectivity index (χ1v) is 10.9. The van der Waals surface area contributed by atoms with Crippen LogP contribution in [0, 0.1) is 10.1 Å². The van der Waals surface area contributed by atoms with Crippen LogP contribution in [-0.4, -0.2) is 65.3 Å². The van der Waals surface area contributed by atoms with E-state index < -0.39 is 16.5 Å². The van der Waals surface area contributed by atoms with Gasteiger partial charge in [-0.1, -0.05) is 36.4 Å². The van der Waals surface area contributed by atoms with E-state index in [4.69, 9.17) is 0 Å². The Labute approximate surface area is 189 Å². The SMILES string of the molecule is O=C(CN1C(=O)NC2(CCc3ccccc32)C1=O)N1CCN(c2ccccc2[N+](=O)[O-])CC1. The van der Waals surface area contributed by atoms with Crippen molar-refractivity contribution >= 4 is 29.2 Å². The quantitative estimate of drug-likeness (QED) is 0.431. The lowest BCUT2D eigenvalue weighted by molar-refractivity contribution is -0.384. The average molecular weight is 449 g/mol. The van der Waals surface area contributed by atoms with Crippen molar-refractivity contribution in [1.29, 1.82) is 0 Å². The zero-order chi connectivity index (χ0) is 23.2. The van der Waals surface area contributed by atoms with Crippen molar-refractivity contribution in [2.45, 2.75) is 18.4 Å². The normalized spacial score (nSPS) is 22.0. The molecule has 1 spiro atoms. The zero-order valence-corrected chi connectivity index (χ0v) is 17.9. The fraction of sp³-hybridized carbons (Fsp3) is 0.348. The summed E-state index contributed by atoms with van der Waals surface area (Å²) in [7, 11) is 0. The highest BCUT2D eigenvalue weighted by Crippen LogP contribution is 2.41. The van der Waals surface area contributed by atoms with Gasteiger partial charge in [0.25, 0.3) is 11.6 Å². The number of urea groups is 1. The minimum atomic E-state index is -1.08. The number of piperazine rings is 1. The van der Waals surface area contributed by atoms with Crippen LogP contribution in [-0.2, 0) is 21.5 Å². The smallest absolute Gasteiger partial charge is 0.325 e. The Kier molecular flexibility index (Phi) is 4.99. The number of carbonyl (C=O) groups excluding carboxylic acids is 3. The van der Waals surface area contributed by atoms with Crippen molar-refractivity contribution in [2.24, 2.45) is 0 Å². The molecule has 0 bridgehead atoms. The minimum absolute atomic E-state index is 0.0266. The van der Waals surface area contributed by atoms with E-state index >= 15 is 0 Å². The van der Waals surface area contributed by atoms with Crippen LogP contribution in [0.25, 0.3) is 0 Å². The monoisotopic (exact) mass is 449 g/mol. The van der Waals surface area contributed by atoms with Crippen molar-refractivity contribution < 1.29 is 19.3 Å². The molecule has 0 aromatic heterocycles. The molecule has 2 heterocycles. The number of nitro groups is 1. The van der Waals surface area contributed by atoms with Gasteiger partial charge in [0.2, 0.25) is 5.91 Å². The summed E-state index contributed by atoms with van der Waals surface area (Å²) in [5.41, 5.74) is 1.30. The van der Waals surface area contributed by atoms with Crippen LogP contribution in [0.15, 0.2) is 48.5 Å². The van der Waals surface area contributed by atoms with Crippen molar-refractivity contribution in [1.82, 2.24) is 15.1 Å². The molecular weight excluding hydrogens is 426 g/mol. The van der Waals surface area contributed by atoms with Gasteiger partial charge in [0.1, 0.15) is 17.8 Å². The lowest BCUT2D eigenvalue weighted by atomic mass is 9.92. The second kappa shape index (κ2) is 7.88. The Morgan fingerprint density at radius 1 is 1.03 bits per heavy atom. The van der Waals surface area contributed by atoms with Crippen LogP contribution in [0.4, 0.5) is 16.2 Å². The number of para-hydroxylation sites is 2. The van der Waals surface area contributed by atoms with E-state index in [1.807, 2.05) is 29.2 Å². The third kappa shape index (κ3) is 3.38. The number of imide groups is 1. The number of amides is 4. The summed E-state index contributed by atoms with van der Waals surface area (Å²) in [6.45, 7) is 1.23. The highest BCUT2D eigenvalue weighted by atomic mass is 16.6. The summed E-state index contributed by atoms with van der Waals surface area (Å²) in [6, 6.07) is 13.5. The molecule has 1 unspecified atom stereocenters. The molecule has 10 heteroatoms. The Morgan fingerprint density at radius 3 is 2.48 bits per heavy atom. The van der Waals surface area contributed by atoms with Crippen LogP contribution < -0.4 is 10.2 Å². The molecule has 10 nitrogen and oxygen atoms in total. The molecule has 2 aromatic carbocycles. The predicted octanol–water partition coefficient (Wildman–Crippen LogP) is 1.64. The molecule has 1 atom stereocenters. The van der Waals surface area contributed by atoms with Crippen LogP contribution in [0.5, 0.6) is 0 Å². The number of rotatable bonds is 4. The number of carbonyl (C=O) groups is 3. The highest BCUT2D eigenvalue weighted by molar-refractivity contribution is 6.09. The maximum absolute atomic E-state index is 13.3. The number of aryl methyl sites for hydroxylation is 1. The van der Waals surface area contributed by atoms with Gasteiger partial charge in [-0.05, 0) is 30.0 Å². The topological polar surface area (TPSA) is 116 Å². The van der Waals surface area contributed by atoms with Gasteiger partial charge in [-0.25, -0.2) is 4.79 Å². The van der Waals surface area contributed by atoms with Crippen molar-refractivity contribution in [3.05, 3.63) is 69.8 Å². The first-order chi connectivity index (χ1) is 15.9. The third-order valence-corrected chi connectivity index (χ3v) is 6.77. The molecule has 2 saturated heterocycles. The number of nitrogens with zero attached hydrogens (tertiary/aromatic N) is 4. The van der Waals surface area contributed by atoms with Crippen LogP contribution in [0.1, 0.15) is 17.5 Å². The largest absolute Gasteiger partial charge is 0.362 e. The Morgan fingerprint density at radius 2 is 1.73 bits per heavy atom. The van der Waals surface area contributed by atoms with Gasteiger partial charge in [0, 0.05) is 32.2 Å². The van der Waals surface area contributed by atoms with E-state index in [1.165, 1.54) is 6.07 Å². The van der Waals surface area contributed by atoms with Gasteiger partial charge in [0.15, 0.2) is 0 Å². The van der Waals surface area contributed by atoms with E-state index in [0.717, 1.165) is 16.0 Å². The number of nitro benzene ring substituents is 1. The third-order valence-electron chi connectivity index (χ3n) is 6.77. The standard InChI is InChI=1S/C23H23N5O5/c29-20(26-13-11-25(12-14-26)18-7-3-4-8-19(18)28(32)33)15-27-21(30)23(24-22(27)31)10-9-16-5-1-2-6-17(16)23/h1-8H,9-15H2,(H,24,31). The molecule has 4 amide bonds. The second-order valence-electron chi connectivity index (χ2n) is 8.50. The fourth-order valence-electron chi connectivity index (χ4n) is 5.05. The summed E-state index contributed by atoms with van der Waals surface area (Å²) >= 11 is 0. The predicted molar refractivity (Wildman–Crippen MR) is 119 cm³/mol. The molecule has 1 aliphatic carbocycles. The summed E-state index contributed by atoms with van der Waals surface area (Å²) < 4.78 is 0. The van der Waals surface area contributed by atoms with Crippen LogP contribution in [0.2, 0.25) is 0 Å². The summed E-state index contributed by atoms with van der Waals surface area (Å²) in [5.74, 6) is -0.701. The number of nitrogens with one attached hydrogen (secondary N) is 1. The molecule has 2 aromatic rings. The highest BCUT2D eigenvalue weighted by Gasteiger charge is 2.55. The first-order valence-electron chi connectivity index (χ1n) is 10.9. The summed E-state index contributed by atoms with van der Waals surface area (Å²) in [5, 5.41) is 14.1. The van der Waals surface area contributed by atoms with Gasteiger partial charge in [-0.3, -0.25) is 24.6 Å². The van der Waals surface area contributed by atoms with Crippen molar-refractivity contribution in [3.63, 3.8) is 0 Å². The molecule has 1 N–H and O–H groups in total. The van der Waals surface area contributed by atoms with E-state index in [-0.39, 0.29) is 24.0 Å². The molecule has 33 heavy (non-hydrogen) atoms. The van der Waals surface area contributed by atoms with E-state index in [0.29, 0.717) is 44.7 Å². The summed E-state index contributed by atoms with van der Waals surface area (Å²) in [4.78, 5) is 54.2. The van der Waals surface area contributed by atoms with E-state index in [1.54, 1.807) is 23.1 Å². The maximum Gasteiger partial charge on any atom is 0.325 e. The van der Waals surface area contributed by atoms with Crippen LogP contribution >= 0.6 is 0 Å². The number of hydrogen-bond acceptors (Lipinski definition) is 6.